The fourth-order valence-electron chi connectivity index (χ4n) is 0.739. The quantitative estimate of drug-likeness (QED) is 0.483. The molecular formula is C6H6BrNO2. The number of hydrogen-bond donors (Lipinski definition) is 0. The molecule has 0 heterocycles. The van der Waals surface area contributed by atoms with Gasteiger partial charge in [0.2, 0.25) is 6.04 Å². The molecule has 0 amide bonds. The number of allylic oxidation sites excluding steroid dienone is 2. The molecule has 0 aromatic carbocycles. The minimum Gasteiger partial charge on any atom is -0.264 e. The number of nitro groups is 1. The molecule has 0 spiro atoms. The van der Waals surface area contributed by atoms with Gasteiger partial charge in [0, 0.05) is 15.8 Å². The summed E-state index contributed by atoms with van der Waals surface area (Å²) >= 11 is 3.22. The number of halogens is 1. The summed E-state index contributed by atoms with van der Waals surface area (Å²) in [5.41, 5.74) is 0. The summed E-state index contributed by atoms with van der Waals surface area (Å²) in [6, 6.07) is -0.527. The van der Waals surface area contributed by atoms with Crippen molar-refractivity contribution in [2.24, 2.45) is 0 Å². The first-order chi connectivity index (χ1) is 4.70. The van der Waals surface area contributed by atoms with Crippen LogP contribution in [0.2, 0.25) is 0 Å². The molecule has 0 bridgehead atoms. The third-order valence-corrected chi connectivity index (χ3v) is 1.89. The van der Waals surface area contributed by atoms with Crippen LogP contribution in [0.4, 0.5) is 0 Å². The van der Waals surface area contributed by atoms with Gasteiger partial charge in [-0.1, -0.05) is 22.0 Å². The van der Waals surface area contributed by atoms with Gasteiger partial charge in [-0.3, -0.25) is 10.1 Å². The van der Waals surface area contributed by atoms with E-state index >= 15 is 0 Å². The van der Waals surface area contributed by atoms with Crippen LogP contribution in [0.5, 0.6) is 0 Å². The first-order valence-corrected chi connectivity index (χ1v) is 3.67. The molecule has 1 atom stereocenters. The van der Waals surface area contributed by atoms with E-state index in [9.17, 15) is 10.1 Å². The van der Waals surface area contributed by atoms with Crippen LogP contribution >= 0.6 is 15.9 Å². The minimum atomic E-state index is -0.527. The zero-order chi connectivity index (χ0) is 7.56. The Bertz CT molecular complexity index is 210. The van der Waals surface area contributed by atoms with Crippen LogP contribution in [0.25, 0.3) is 0 Å². The lowest BCUT2D eigenvalue weighted by molar-refractivity contribution is -0.508. The second-order valence-electron chi connectivity index (χ2n) is 2.04. The summed E-state index contributed by atoms with van der Waals surface area (Å²) in [5.74, 6) is 0. The molecule has 0 aromatic rings. The molecule has 1 unspecified atom stereocenters. The molecule has 0 saturated carbocycles. The van der Waals surface area contributed by atoms with Crippen LogP contribution in [0.3, 0.4) is 0 Å². The number of rotatable bonds is 1. The molecule has 1 aliphatic rings. The summed E-state index contributed by atoms with van der Waals surface area (Å²) in [5, 5.41) is 10.2. The van der Waals surface area contributed by atoms with Crippen LogP contribution in [0, 0.1) is 10.1 Å². The van der Waals surface area contributed by atoms with E-state index in [-0.39, 0.29) is 4.92 Å². The predicted molar refractivity (Wildman–Crippen MR) is 41.5 cm³/mol. The normalized spacial score (nSPS) is 24.1. The summed E-state index contributed by atoms with van der Waals surface area (Å²) in [7, 11) is 0. The summed E-state index contributed by atoms with van der Waals surface area (Å²) in [6.07, 6.45) is 5.58. The van der Waals surface area contributed by atoms with Crippen LogP contribution < -0.4 is 0 Å². The maximum atomic E-state index is 10.2. The number of nitrogens with zero attached hydrogens (tertiary/aromatic N) is 1. The van der Waals surface area contributed by atoms with Gasteiger partial charge < -0.3 is 0 Å². The van der Waals surface area contributed by atoms with Gasteiger partial charge in [0.1, 0.15) is 0 Å². The predicted octanol–water partition coefficient (Wildman–Crippen LogP) is 1.87. The highest BCUT2D eigenvalue weighted by Gasteiger charge is 2.16. The van der Waals surface area contributed by atoms with Gasteiger partial charge in [-0.2, -0.15) is 0 Å². The zero-order valence-electron chi connectivity index (χ0n) is 5.16. The van der Waals surface area contributed by atoms with Crippen LogP contribution in [-0.4, -0.2) is 11.0 Å². The van der Waals surface area contributed by atoms with Crippen LogP contribution in [0.15, 0.2) is 22.7 Å². The van der Waals surface area contributed by atoms with E-state index in [2.05, 4.69) is 15.9 Å². The zero-order valence-corrected chi connectivity index (χ0v) is 6.74. The second-order valence-corrected chi connectivity index (χ2v) is 2.95. The Morgan fingerprint density at radius 1 is 1.80 bits per heavy atom. The van der Waals surface area contributed by atoms with E-state index in [4.69, 9.17) is 0 Å². The summed E-state index contributed by atoms with van der Waals surface area (Å²) in [4.78, 5) is 9.89. The third-order valence-electron chi connectivity index (χ3n) is 1.30. The van der Waals surface area contributed by atoms with Crippen molar-refractivity contribution in [1.82, 2.24) is 0 Å². The highest BCUT2D eigenvalue weighted by atomic mass is 79.9. The smallest absolute Gasteiger partial charge is 0.235 e. The van der Waals surface area contributed by atoms with Crippen molar-refractivity contribution in [2.75, 3.05) is 0 Å². The van der Waals surface area contributed by atoms with Crippen LogP contribution in [-0.2, 0) is 0 Å². The monoisotopic (exact) mass is 203 g/mol. The molecule has 4 heteroatoms. The van der Waals surface area contributed by atoms with Gasteiger partial charge >= 0.3 is 0 Å². The Morgan fingerprint density at radius 2 is 2.50 bits per heavy atom. The highest BCUT2D eigenvalue weighted by molar-refractivity contribution is 9.11. The van der Waals surface area contributed by atoms with Crippen molar-refractivity contribution in [3.05, 3.63) is 32.8 Å². The van der Waals surface area contributed by atoms with E-state index in [0.717, 1.165) is 4.48 Å². The van der Waals surface area contributed by atoms with E-state index in [0.29, 0.717) is 6.42 Å². The molecule has 1 rings (SSSR count). The second kappa shape index (κ2) is 2.96. The minimum absolute atomic E-state index is 0.285. The summed E-state index contributed by atoms with van der Waals surface area (Å²) in [6.45, 7) is 0. The van der Waals surface area contributed by atoms with Gasteiger partial charge in [-0.15, -0.1) is 0 Å². The first kappa shape index (κ1) is 7.47. The Labute approximate surface area is 66.7 Å². The van der Waals surface area contributed by atoms with E-state index < -0.39 is 6.04 Å². The van der Waals surface area contributed by atoms with Crippen molar-refractivity contribution in [2.45, 2.75) is 12.5 Å². The average Bonchev–Trinajstić information content (AvgIpc) is 1.88. The Kier molecular flexibility index (Phi) is 2.21. The summed E-state index contributed by atoms with van der Waals surface area (Å²) < 4.78 is 0.922. The maximum Gasteiger partial charge on any atom is 0.235 e. The molecule has 3 nitrogen and oxygen atoms in total. The highest BCUT2D eigenvalue weighted by Crippen LogP contribution is 2.16. The lowest BCUT2D eigenvalue weighted by atomic mass is 10.1. The molecule has 0 aliphatic heterocycles. The van der Waals surface area contributed by atoms with E-state index in [1.165, 1.54) is 0 Å². The van der Waals surface area contributed by atoms with E-state index in [1.54, 1.807) is 18.2 Å². The van der Waals surface area contributed by atoms with Gasteiger partial charge in [-0.25, -0.2) is 0 Å². The van der Waals surface area contributed by atoms with Gasteiger partial charge in [0.05, 0.1) is 0 Å². The van der Waals surface area contributed by atoms with Crippen molar-refractivity contribution in [3.63, 3.8) is 0 Å². The molecule has 0 aromatic heterocycles. The molecule has 0 fully saturated rings. The standard InChI is InChI=1S/C6H6BrNO2/c7-5-1-3-6(4-2-5)8(9)10/h1-3,6H,4H2. The van der Waals surface area contributed by atoms with Crippen molar-refractivity contribution < 1.29 is 4.92 Å². The average molecular weight is 204 g/mol. The lowest BCUT2D eigenvalue weighted by Crippen LogP contribution is -2.16. The topological polar surface area (TPSA) is 43.1 Å². The number of hydrogen-bond acceptors (Lipinski definition) is 2. The fraction of sp³-hybridized carbons (Fsp3) is 0.333. The molecule has 0 radical (unpaired) electrons. The van der Waals surface area contributed by atoms with Gasteiger partial charge in [0.25, 0.3) is 0 Å². The van der Waals surface area contributed by atoms with Gasteiger partial charge in [-0.05, 0) is 12.2 Å². The van der Waals surface area contributed by atoms with E-state index in [1.807, 2.05) is 0 Å². The molecule has 10 heavy (non-hydrogen) atoms. The Morgan fingerprint density at radius 3 is 2.90 bits per heavy atom. The first-order valence-electron chi connectivity index (χ1n) is 2.87. The molecule has 54 valence electrons. The SMILES string of the molecule is O=[N+]([O-])C1C=CC(Br)=CC1. The Hall–Kier alpha value is -0.640. The molecular weight excluding hydrogens is 198 g/mol. The lowest BCUT2D eigenvalue weighted by Gasteiger charge is -2.04. The Balaban J connectivity index is 2.60. The fourth-order valence-corrected chi connectivity index (χ4v) is 1.08. The maximum absolute atomic E-state index is 10.2. The molecule has 0 N–H and O–H groups in total. The van der Waals surface area contributed by atoms with Gasteiger partial charge in [0.15, 0.2) is 0 Å². The molecule has 1 aliphatic carbocycles. The van der Waals surface area contributed by atoms with Crippen molar-refractivity contribution >= 4 is 15.9 Å². The molecule has 0 saturated heterocycles. The largest absolute Gasteiger partial charge is 0.264 e. The van der Waals surface area contributed by atoms with Crippen molar-refractivity contribution in [1.29, 1.82) is 0 Å². The van der Waals surface area contributed by atoms with Crippen LogP contribution in [0.1, 0.15) is 6.42 Å². The third kappa shape index (κ3) is 1.67. The van der Waals surface area contributed by atoms with Crippen molar-refractivity contribution in [3.8, 4) is 0 Å².